The molecule has 1 N–H and O–H groups in total. The van der Waals surface area contributed by atoms with Gasteiger partial charge in [0.05, 0.1) is 19.0 Å². The Morgan fingerprint density at radius 1 is 1.50 bits per heavy atom. The van der Waals surface area contributed by atoms with Crippen LogP contribution >= 0.6 is 0 Å². The van der Waals surface area contributed by atoms with Gasteiger partial charge < -0.3 is 5.32 Å². The molecule has 0 spiro atoms. The molecule has 0 amide bonds. The van der Waals surface area contributed by atoms with Gasteiger partial charge in [0.1, 0.15) is 0 Å². The smallest absolute Gasteiger partial charge is 0.0638 e. The Balaban J connectivity index is 2.26. The lowest BCUT2D eigenvalue weighted by Gasteiger charge is -2.33. The zero-order valence-electron chi connectivity index (χ0n) is 10.1. The summed E-state index contributed by atoms with van der Waals surface area (Å²) in [5, 5.41) is 12.3. The van der Waals surface area contributed by atoms with Crippen molar-refractivity contribution >= 4 is 0 Å². The molecule has 0 aromatic rings. The number of terminal acetylenes is 1. The van der Waals surface area contributed by atoms with Crippen molar-refractivity contribution in [3.05, 3.63) is 0 Å². The van der Waals surface area contributed by atoms with Crippen LogP contribution in [0.1, 0.15) is 32.6 Å². The maximum absolute atomic E-state index is 8.69. The molecule has 0 aromatic heterocycles. The first kappa shape index (κ1) is 13.0. The van der Waals surface area contributed by atoms with Crippen molar-refractivity contribution in [1.82, 2.24) is 10.2 Å². The lowest BCUT2D eigenvalue weighted by atomic mass is 10.0. The molecule has 3 nitrogen and oxygen atoms in total. The summed E-state index contributed by atoms with van der Waals surface area (Å²) in [5.74, 6) is 2.69. The van der Waals surface area contributed by atoms with Gasteiger partial charge in [0.2, 0.25) is 0 Å². The second-order valence-corrected chi connectivity index (χ2v) is 4.39. The van der Waals surface area contributed by atoms with E-state index < -0.39 is 0 Å². The van der Waals surface area contributed by atoms with E-state index in [1.54, 1.807) is 0 Å². The Kier molecular flexibility index (Phi) is 5.93. The molecule has 3 heteroatoms. The van der Waals surface area contributed by atoms with E-state index >= 15 is 0 Å². The predicted molar refractivity (Wildman–Crippen MR) is 65.7 cm³/mol. The Morgan fingerprint density at radius 3 is 2.69 bits per heavy atom. The molecule has 0 aliphatic carbocycles. The van der Waals surface area contributed by atoms with Gasteiger partial charge in [-0.2, -0.15) is 5.26 Å². The lowest BCUT2D eigenvalue weighted by molar-refractivity contribution is 0.208. The number of hydrogen-bond acceptors (Lipinski definition) is 3. The van der Waals surface area contributed by atoms with Crippen LogP contribution in [-0.4, -0.2) is 36.6 Å². The summed E-state index contributed by atoms with van der Waals surface area (Å²) >= 11 is 0. The quantitative estimate of drug-likeness (QED) is 0.710. The Hall–Kier alpha value is -1.03. The third-order valence-corrected chi connectivity index (χ3v) is 3.20. The average Bonchev–Trinajstić information content (AvgIpc) is 2.31. The molecule has 0 saturated carbocycles. The molecule has 1 aliphatic heterocycles. The molecule has 0 radical (unpaired) electrons. The fourth-order valence-electron chi connectivity index (χ4n) is 2.15. The van der Waals surface area contributed by atoms with Crippen molar-refractivity contribution < 1.29 is 0 Å². The predicted octanol–water partition coefficient (Wildman–Crippen LogP) is 1.37. The van der Waals surface area contributed by atoms with E-state index in [9.17, 15) is 0 Å². The summed E-state index contributed by atoms with van der Waals surface area (Å²) in [6.45, 7) is 5.04. The van der Waals surface area contributed by atoms with Gasteiger partial charge in [0.25, 0.3) is 0 Å². The first-order valence-corrected chi connectivity index (χ1v) is 6.09. The molecule has 1 unspecified atom stereocenters. The van der Waals surface area contributed by atoms with Crippen LogP contribution in [0.3, 0.4) is 0 Å². The molecular formula is C13H21N3. The number of piperidine rings is 1. The van der Waals surface area contributed by atoms with Crippen LogP contribution in [0.2, 0.25) is 0 Å². The van der Waals surface area contributed by atoms with Gasteiger partial charge in [0, 0.05) is 25.2 Å². The first-order valence-electron chi connectivity index (χ1n) is 6.09. The highest BCUT2D eigenvalue weighted by molar-refractivity contribution is 4.91. The summed E-state index contributed by atoms with van der Waals surface area (Å²) < 4.78 is 0. The molecule has 1 fully saturated rings. The fraction of sp³-hybridized carbons (Fsp3) is 0.769. The van der Waals surface area contributed by atoms with Gasteiger partial charge in [-0.1, -0.05) is 12.8 Å². The second kappa shape index (κ2) is 7.28. The van der Waals surface area contributed by atoms with E-state index in [1.165, 1.54) is 0 Å². The first-order chi connectivity index (χ1) is 7.80. The Morgan fingerprint density at radius 2 is 2.19 bits per heavy atom. The molecule has 1 heterocycles. The van der Waals surface area contributed by atoms with Gasteiger partial charge in [-0.3, -0.25) is 4.90 Å². The number of likely N-dealkylation sites (tertiary alicyclic amines) is 1. The molecule has 1 saturated heterocycles. The van der Waals surface area contributed by atoms with Gasteiger partial charge in [-0.15, -0.1) is 6.42 Å². The normalized spacial score (nSPS) is 19.9. The zero-order chi connectivity index (χ0) is 11.8. The van der Waals surface area contributed by atoms with Crippen molar-refractivity contribution in [3.63, 3.8) is 0 Å². The van der Waals surface area contributed by atoms with Crippen LogP contribution in [-0.2, 0) is 0 Å². The number of nitrogens with one attached hydrogen (secondary N) is 1. The van der Waals surface area contributed by atoms with Gasteiger partial charge in [-0.25, -0.2) is 0 Å². The van der Waals surface area contributed by atoms with E-state index in [0.29, 0.717) is 18.5 Å². The van der Waals surface area contributed by atoms with Crippen molar-refractivity contribution in [3.8, 4) is 18.4 Å². The highest BCUT2D eigenvalue weighted by Crippen LogP contribution is 2.11. The van der Waals surface area contributed by atoms with Crippen LogP contribution in [0, 0.1) is 23.7 Å². The van der Waals surface area contributed by atoms with Crippen molar-refractivity contribution in [2.24, 2.45) is 0 Å². The molecule has 0 bridgehead atoms. The van der Waals surface area contributed by atoms with Crippen LogP contribution in [0.5, 0.6) is 0 Å². The maximum Gasteiger partial charge on any atom is 0.0638 e. The summed E-state index contributed by atoms with van der Waals surface area (Å²) in [6.07, 6.45) is 9.22. The third-order valence-electron chi connectivity index (χ3n) is 3.20. The Labute approximate surface area is 98.8 Å². The molecular weight excluding hydrogens is 198 g/mol. The average molecular weight is 219 g/mol. The molecule has 0 aromatic carbocycles. The minimum atomic E-state index is 0.356. The minimum Gasteiger partial charge on any atom is -0.310 e. The van der Waals surface area contributed by atoms with E-state index in [0.717, 1.165) is 38.9 Å². The molecule has 1 rings (SSSR count). The molecule has 1 atom stereocenters. The largest absolute Gasteiger partial charge is 0.310 e. The van der Waals surface area contributed by atoms with Crippen LogP contribution < -0.4 is 5.32 Å². The van der Waals surface area contributed by atoms with Gasteiger partial charge >= 0.3 is 0 Å². The van der Waals surface area contributed by atoms with Crippen LogP contribution in [0.4, 0.5) is 0 Å². The standard InChI is InChI=1S/C13H21N3/c1-3-9-16-10-6-13(7-11-16)15-12(4-2)5-8-14/h1,12-13,15H,4-7,9-11H2,2H3. The highest BCUT2D eigenvalue weighted by Gasteiger charge is 2.20. The molecule has 88 valence electrons. The summed E-state index contributed by atoms with van der Waals surface area (Å²) in [6, 6.07) is 3.16. The molecule has 1 aliphatic rings. The topological polar surface area (TPSA) is 39.1 Å². The third kappa shape index (κ3) is 4.23. The fourth-order valence-corrected chi connectivity index (χ4v) is 2.15. The Bertz CT molecular complexity index is 266. The zero-order valence-corrected chi connectivity index (χ0v) is 10.1. The van der Waals surface area contributed by atoms with Gasteiger partial charge in [-0.05, 0) is 19.3 Å². The number of rotatable bonds is 5. The summed E-state index contributed by atoms with van der Waals surface area (Å²) in [4.78, 5) is 2.31. The number of hydrogen-bond donors (Lipinski definition) is 1. The second-order valence-electron chi connectivity index (χ2n) is 4.39. The number of nitrogens with zero attached hydrogens (tertiary/aromatic N) is 2. The van der Waals surface area contributed by atoms with E-state index in [-0.39, 0.29) is 0 Å². The van der Waals surface area contributed by atoms with E-state index in [1.807, 2.05) is 0 Å². The lowest BCUT2D eigenvalue weighted by Crippen LogP contribution is -2.46. The highest BCUT2D eigenvalue weighted by atomic mass is 15.1. The van der Waals surface area contributed by atoms with Crippen LogP contribution in [0.15, 0.2) is 0 Å². The van der Waals surface area contributed by atoms with Crippen molar-refractivity contribution in [2.75, 3.05) is 19.6 Å². The van der Waals surface area contributed by atoms with E-state index in [2.05, 4.69) is 29.1 Å². The molecule has 16 heavy (non-hydrogen) atoms. The monoisotopic (exact) mass is 219 g/mol. The minimum absolute atomic E-state index is 0.356. The summed E-state index contributed by atoms with van der Waals surface area (Å²) in [7, 11) is 0. The van der Waals surface area contributed by atoms with E-state index in [4.69, 9.17) is 11.7 Å². The maximum atomic E-state index is 8.69. The SMILES string of the molecule is C#CCN1CCC(NC(CC)CC#N)CC1. The van der Waals surface area contributed by atoms with Gasteiger partial charge in [0.15, 0.2) is 0 Å². The number of nitriles is 1. The van der Waals surface area contributed by atoms with Crippen molar-refractivity contribution in [2.45, 2.75) is 44.7 Å². The summed E-state index contributed by atoms with van der Waals surface area (Å²) in [5.41, 5.74) is 0. The van der Waals surface area contributed by atoms with Crippen molar-refractivity contribution in [1.29, 1.82) is 5.26 Å². The van der Waals surface area contributed by atoms with Crippen LogP contribution in [0.25, 0.3) is 0 Å².